The minimum atomic E-state index is 0.843. The normalized spacial score (nSPS) is 10.5. The van der Waals surface area contributed by atoms with E-state index in [1.807, 2.05) is 54.6 Å². The molecule has 0 fully saturated rings. The molecule has 0 saturated heterocycles. The highest BCUT2D eigenvalue weighted by Gasteiger charge is 2.14. The van der Waals surface area contributed by atoms with Gasteiger partial charge in [-0.2, -0.15) is 0 Å². The number of pyridine rings is 3. The van der Waals surface area contributed by atoms with Crippen molar-refractivity contribution in [3.05, 3.63) is 91.4 Å². The van der Waals surface area contributed by atoms with Crippen LogP contribution in [-0.4, -0.2) is 15.0 Å². The van der Waals surface area contributed by atoms with Gasteiger partial charge in [0.05, 0.1) is 17.1 Å². The molecule has 0 aliphatic rings. The summed E-state index contributed by atoms with van der Waals surface area (Å²) in [6.07, 6.45) is 5.40. The summed E-state index contributed by atoms with van der Waals surface area (Å²) in [6.45, 7) is 0. The number of rotatable bonds is 3. The molecule has 114 valence electrons. The van der Waals surface area contributed by atoms with Gasteiger partial charge in [-0.1, -0.05) is 42.5 Å². The molecule has 0 saturated carbocycles. The van der Waals surface area contributed by atoms with Gasteiger partial charge in [0.2, 0.25) is 0 Å². The van der Waals surface area contributed by atoms with E-state index < -0.39 is 0 Å². The molecule has 0 amide bonds. The van der Waals surface area contributed by atoms with E-state index in [-0.39, 0.29) is 0 Å². The van der Waals surface area contributed by atoms with Crippen molar-refractivity contribution in [2.45, 2.75) is 0 Å². The van der Waals surface area contributed by atoms with E-state index in [1.54, 1.807) is 18.6 Å². The van der Waals surface area contributed by atoms with E-state index in [9.17, 15) is 0 Å². The maximum Gasteiger partial charge on any atom is 0.0986 e. The molecule has 4 rings (SSSR count). The molecule has 3 nitrogen and oxygen atoms in total. The molecule has 0 bridgehead atoms. The van der Waals surface area contributed by atoms with Crippen LogP contribution in [0.3, 0.4) is 0 Å². The van der Waals surface area contributed by atoms with Crippen molar-refractivity contribution in [3.8, 4) is 33.8 Å². The number of hydrogen-bond donors (Lipinski definition) is 0. The minimum Gasteiger partial charge on any atom is -0.256 e. The first-order valence-electron chi connectivity index (χ1n) is 7.81. The van der Waals surface area contributed by atoms with E-state index in [2.05, 4.69) is 33.2 Å². The van der Waals surface area contributed by atoms with Gasteiger partial charge in [-0.25, -0.2) is 0 Å². The van der Waals surface area contributed by atoms with Crippen LogP contribution in [0.4, 0.5) is 0 Å². The van der Waals surface area contributed by atoms with Crippen molar-refractivity contribution < 1.29 is 0 Å². The third kappa shape index (κ3) is 2.68. The molecule has 0 atom stereocenters. The third-order valence-corrected chi connectivity index (χ3v) is 3.87. The molecule has 0 N–H and O–H groups in total. The van der Waals surface area contributed by atoms with Crippen LogP contribution in [-0.2, 0) is 0 Å². The molecule has 3 aromatic heterocycles. The fourth-order valence-electron chi connectivity index (χ4n) is 2.77. The molecule has 0 spiro atoms. The van der Waals surface area contributed by atoms with Crippen molar-refractivity contribution in [3.63, 3.8) is 0 Å². The van der Waals surface area contributed by atoms with E-state index in [4.69, 9.17) is 0 Å². The Morgan fingerprint density at radius 2 is 1.08 bits per heavy atom. The van der Waals surface area contributed by atoms with Gasteiger partial charge < -0.3 is 0 Å². The predicted molar refractivity (Wildman–Crippen MR) is 96.1 cm³/mol. The maximum absolute atomic E-state index is 4.62. The molecular weight excluding hydrogens is 294 g/mol. The zero-order valence-electron chi connectivity index (χ0n) is 13.0. The SMILES string of the molecule is c1ccc(-c2cccnc2-c2ncccc2-c2ccccn2)cc1. The highest BCUT2D eigenvalue weighted by atomic mass is 14.8. The first-order valence-corrected chi connectivity index (χ1v) is 7.81. The lowest BCUT2D eigenvalue weighted by Gasteiger charge is -2.11. The zero-order valence-corrected chi connectivity index (χ0v) is 13.0. The van der Waals surface area contributed by atoms with Crippen LogP contribution in [0.1, 0.15) is 0 Å². The summed E-state index contributed by atoms with van der Waals surface area (Å²) in [5.74, 6) is 0. The number of aromatic nitrogens is 3. The van der Waals surface area contributed by atoms with Crippen molar-refractivity contribution in [2.24, 2.45) is 0 Å². The fraction of sp³-hybridized carbons (Fsp3) is 0. The van der Waals surface area contributed by atoms with Crippen molar-refractivity contribution >= 4 is 0 Å². The Kier molecular flexibility index (Phi) is 3.82. The van der Waals surface area contributed by atoms with Gasteiger partial charge >= 0.3 is 0 Å². The van der Waals surface area contributed by atoms with E-state index in [1.165, 1.54) is 0 Å². The molecular formula is C21H15N3. The second-order valence-electron chi connectivity index (χ2n) is 5.38. The van der Waals surface area contributed by atoms with E-state index in [0.29, 0.717) is 0 Å². The third-order valence-electron chi connectivity index (χ3n) is 3.87. The average molecular weight is 309 g/mol. The van der Waals surface area contributed by atoms with Gasteiger partial charge in [0.25, 0.3) is 0 Å². The van der Waals surface area contributed by atoms with Crippen molar-refractivity contribution in [1.29, 1.82) is 0 Å². The molecule has 0 aliphatic heterocycles. The molecule has 1 aromatic carbocycles. The molecule has 24 heavy (non-hydrogen) atoms. The highest BCUT2D eigenvalue weighted by molar-refractivity contribution is 5.86. The summed E-state index contributed by atoms with van der Waals surface area (Å²) >= 11 is 0. The number of nitrogens with zero attached hydrogens (tertiary/aromatic N) is 3. The highest BCUT2D eigenvalue weighted by Crippen LogP contribution is 2.34. The first-order chi connectivity index (χ1) is 11.9. The number of benzene rings is 1. The molecule has 0 radical (unpaired) electrons. The molecule has 0 unspecified atom stereocenters. The summed E-state index contributed by atoms with van der Waals surface area (Å²) in [7, 11) is 0. The minimum absolute atomic E-state index is 0.843. The standard InChI is InChI=1S/C21H15N3/c1-2-8-16(9-3-1)17-10-6-14-23-20(17)21-18(11-7-15-24-21)19-12-4-5-13-22-19/h1-15H. The van der Waals surface area contributed by atoms with Crippen molar-refractivity contribution in [2.75, 3.05) is 0 Å². The van der Waals surface area contributed by atoms with E-state index >= 15 is 0 Å². The second-order valence-corrected chi connectivity index (χ2v) is 5.38. The Bertz CT molecular complexity index is 870. The molecule has 3 heteroatoms. The summed E-state index contributed by atoms with van der Waals surface area (Å²) in [4.78, 5) is 13.7. The predicted octanol–water partition coefficient (Wildman–Crippen LogP) is 4.87. The Labute approximate surface area is 140 Å². The van der Waals surface area contributed by atoms with Crippen LogP contribution in [0.2, 0.25) is 0 Å². The first kappa shape index (κ1) is 14.3. The maximum atomic E-state index is 4.62. The Morgan fingerprint density at radius 3 is 1.79 bits per heavy atom. The average Bonchev–Trinajstić information content (AvgIpc) is 2.69. The van der Waals surface area contributed by atoms with Crippen LogP contribution in [0.25, 0.3) is 33.8 Å². The number of hydrogen-bond acceptors (Lipinski definition) is 3. The molecule has 0 aliphatic carbocycles. The largest absolute Gasteiger partial charge is 0.256 e. The lowest BCUT2D eigenvalue weighted by Crippen LogP contribution is -1.95. The summed E-state index contributed by atoms with van der Waals surface area (Å²) < 4.78 is 0. The topological polar surface area (TPSA) is 38.7 Å². The zero-order chi connectivity index (χ0) is 16.2. The Balaban J connectivity index is 1.93. The van der Waals surface area contributed by atoms with Gasteiger partial charge in [0.15, 0.2) is 0 Å². The molecule has 4 aromatic rings. The monoisotopic (exact) mass is 309 g/mol. The van der Waals surface area contributed by atoms with Crippen LogP contribution < -0.4 is 0 Å². The summed E-state index contributed by atoms with van der Waals surface area (Å²) in [5.41, 5.74) is 5.77. The van der Waals surface area contributed by atoms with Gasteiger partial charge in [-0.3, -0.25) is 15.0 Å². The van der Waals surface area contributed by atoms with Gasteiger partial charge in [-0.05, 0) is 35.9 Å². The summed E-state index contributed by atoms with van der Waals surface area (Å²) in [6, 6.07) is 24.1. The van der Waals surface area contributed by atoms with Crippen LogP contribution in [0.15, 0.2) is 91.4 Å². The smallest absolute Gasteiger partial charge is 0.0986 e. The fourth-order valence-corrected chi connectivity index (χ4v) is 2.77. The quantitative estimate of drug-likeness (QED) is 0.542. The Morgan fingerprint density at radius 1 is 0.458 bits per heavy atom. The van der Waals surface area contributed by atoms with E-state index in [0.717, 1.165) is 33.8 Å². The van der Waals surface area contributed by atoms with Gasteiger partial charge in [0, 0.05) is 29.7 Å². The Hall–Kier alpha value is -3.33. The van der Waals surface area contributed by atoms with Crippen molar-refractivity contribution in [1.82, 2.24) is 15.0 Å². The van der Waals surface area contributed by atoms with Gasteiger partial charge in [0.1, 0.15) is 0 Å². The summed E-state index contributed by atoms with van der Waals surface area (Å²) in [5, 5.41) is 0. The second kappa shape index (κ2) is 6.42. The van der Waals surface area contributed by atoms with Crippen LogP contribution in [0, 0.1) is 0 Å². The lowest BCUT2D eigenvalue weighted by atomic mass is 9.98. The lowest BCUT2D eigenvalue weighted by molar-refractivity contribution is 1.23. The van der Waals surface area contributed by atoms with Gasteiger partial charge in [-0.15, -0.1) is 0 Å². The van der Waals surface area contributed by atoms with Crippen LogP contribution in [0.5, 0.6) is 0 Å². The molecule has 3 heterocycles. The van der Waals surface area contributed by atoms with Crippen LogP contribution >= 0.6 is 0 Å².